The third-order valence-corrected chi connectivity index (χ3v) is 3.25. The number of hydrogen-bond acceptors (Lipinski definition) is 1. The summed E-state index contributed by atoms with van der Waals surface area (Å²) in [4.78, 5) is 0. The van der Waals surface area contributed by atoms with E-state index in [-0.39, 0.29) is 18.9 Å². The summed E-state index contributed by atoms with van der Waals surface area (Å²) in [5, 5.41) is 12.2. The van der Waals surface area contributed by atoms with Crippen molar-refractivity contribution in [1.82, 2.24) is 0 Å². The van der Waals surface area contributed by atoms with E-state index in [1.165, 1.54) is 38.5 Å². The van der Waals surface area contributed by atoms with Crippen LogP contribution in [0.2, 0.25) is 0 Å². The Kier molecular flexibility index (Phi) is 8.11. The van der Waals surface area contributed by atoms with Crippen molar-refractivity contribution in [2.24, 2.45) is 0 Å². The minimum atomic E-state index is -0.536. The van der Waals surface area contributed by atoms with Crippen molar-refractivity contribution in [2.75, 3.05) is 0 Å². The van der Waals surface area contributed by atoms with Gasteiger partial charge in [0.2, 0.25) is 0 Å². The predicted octanol–water partition coefficient (Wildman–Crippen LogP) is 0.0240. The van der Waals surface area contributed by atoms with E-state index < -0.39 is 5.60 Å². The molecular formula is C12H23LiO. The molecule has 0 saturated heterocycles. The van der Waals surface area contributed by atoms with Crippen LogP contribution >= 0.6 is 0 Å². The summed E-state index contributed by atoms with van der Waals surface area (Å²) < 4.78 is 0. The van der Waals surface area contributed by atoms with Crippen LogP contribution in [-0.4, -0.2) is 5.60 Å². The predicted molar refractivity (Wildman–Crippen MR) is 54.6 cm³/mol. The van der Waals surface area contributed by atoms with Gasteiger partial charge in [0.05, 0.1) is 0 Å². The van der Waals surface area contributed by atoms with E-state index in [1.807, 2.05) is 0 Å². The van der Waals surface area contributed by atoms with Gasteiger partial charge in [-0.05, 0) is 0 Å². The molecule has 0 bridgehead atoms. The molecule has 1 fully saturated rings. The zero-order valence-corrected chi connectivity index (χ0v) is 9.98. The average molecular weight is 190 g/mol. The van der Waals surface area contributed by atoms with Crippen molar-refractivity contribution in [3.8, 4) is 0 Å². The van der Waals surface area contributed by atoms with Crippen LogP contribution < -0.4 is 24.0 Å². The number of hydrogen-bond donors (Lipinski definition) is 0. The molecule has 0 atom stereocenters. The van der Waals surface area contributed by atoms with Crippen LogP contribution in [0.5, 0.6) is 0 Å². The van der Waals surface area contributed by atoms with Gasteiger partial charge in [-0.25, -0.2) is 0 Å². The van der Waals surface area contributed by atoms with Crippen molar-refractivity contribution in [1.29, 1.82) is 0 Å². The molecule has 0 spiro atoms. The minimum absolute atomic E-state index is 0. The molecular weight excluding hydrogens is 167 g/mol. The molecule has 0 radical (unpaired) electrons. The largest absolute Gasteiger partial charge is 1.00 e. The van der Waals surface area contributed by atoms with Gasteiger partial charge in [-0.15, -0.1) is 5.60 Å². The smallest absolute Gasteiger partial charge is 0.849 e. The average Bonchev–Trinajstić information content (AvgIpc) is 2.31. The SMILES string of the molecule is CCCCCC1([O-])CCCCCC1.[Li+]. The van der Waals surface area contributed by atoms with E-state index in [0.29, 0.717) is 0 Å². The summed E-state index contributed by atoms with van der Waals surface area (Å²) in [6.45, 7) is 2.20. The van der Waals surface area contributed by atoms with Crippen LogP contribution in [0.15, 0.2) is 0 Å². The maximum absolute atomic E-state index is 12.2. The van der Waals surface area contributed by atoms with Gasteiger partial charge >= 0.3 is 18.9 Å². The van der Waals surface area contributed by atoms with Gasteiger partial charge < -0.3 is 5.11 Å². The normalized spacial score (nSPS) is 21.0. The first-order valence-electron chi connectivity index (χ1n) is 5.97. The van der Waals surface area contributed by atoms with Gasteiger partial charge in [-0.2, -0.15) is 0 Å². The molecule has 1 rings (SSSR count). The van der Waals surface area contributed by atoms with E-state index in [0.717, 1.165) is 25.7 Å². The van der Waals surface area contributed by atoms with Crippen molar-refractivity contribution in [3.05, 3.63) is 0 Å². The molecule has 0 amide bonds. The standard InChI is InChI=1S/C12H23O.Li/c1-2-3-6-9-12(13)10-7-4-5-8-11-12;/h2-11H2,1H3;/q-1;+1. The summed E-state index contributed by atoms with van der Waals surface area (Å²) in [7, 11) is 0. The molecule has 0 unspecified atom stereocenters. The Morgan fingerprint density at radius 3 is 2.07 bits per heavy atom. The first-order chi connectivity index (χ1) is 6.27. The van der Waals surface area contributed by atoms with Crippen molar-refractivity contribution in [2.45, 2.75) is 76.7 Å². The molecule has 2 heteroatoms. The minimum Gasteiger partial charge on any atom is -0.849 e. The van der Waals surface area contributed by atoms with Crippen LogP contribution in [0.4, 0.5) is 0 Å². The van der Waals surface area contributed by atoms with Gasteiger partial charge in [-0.3, -0.25) is 0 Å². The Bertz CT molecular complexity index is 128. The molecule has 0 N–H and O–H groups in total. The summed E-state index contributed by atoms with van der Waals surface area (Å²) >= 11 is 0. The second-order valence-electron chi connectivity index (χ2n) is 4.55. The van der Waals surface area contributed by atoms with Crippen molar-refractivity contribution < 1.29 is 24.0 Å². The molecule has 0 aromatic heterocycles. The Morgan fingerprint density at radius 1 is 1.00 bits per heavy atom. The third-order valence-electron chi connectivity index (χ3n) is 3.25. The monoisotopic (exact) mass is 190 g/mol. The van der Waals surface area contributed by atoms with E-state index in [4.69, 9.17) is 0 Å². The summed E-state index contributed by atoms with van der Waals surface area (Å²) in [6, 6.07) is 0. The quantitative estimate of drug-likeness (QED) is 0.348. The molecule has 0 aromatic carbocycles. The fourth-order valence-electron chi connectivity index (χ4n) is 2.32. The van der Waals surface area contributed by atoms with E-state index in [9.17, 15) is 5.11 Å². The summed E-state index contributed by atoms with van der Waals surface area (Å²) in [5.74, 6) is 0. The second-order valence-corrected chi connectivity index (χ2v) is 4.55. The van der Waals surface area contributed by atoms with E-state index in [1.54, 1.807) is 0 Å². The molecule has 1 saturated carbocycles. The maximum Gasteiger partial charge on any atom is 1.00 e. The Labute approximate surface area is 101 Å². The second kappa shape index (κ2) is 7.80. The Hall–Kier alpha value is 0.557. The first-order valence-corrected chi connectivity index (χ1v) is 5.97. The molecule has 0 aromatic rings. The Morgan fingerprint density at radius 2 is 1.57 bits per heavy atom. The van der Waals surface area contributed by atoms with Crippen LogP contribution in [0.3, 0.4) is 0 Å². The molecule has 1 aliphatic carbocycles. The molecule has 1 aliphatic rings. The van der Waals surface area contributed by atoms with Crippen molar-refractivity contribution >= 4 is 0 Å². The van der Waals surface area contributed by atoms with Gasteiger partial charge in [0, 0.05) is 0 Å². The van der Waals surface area contributed by atoms with Crippen LogP contribution in [0.25, 0.3) is 0 Å². The van der Waals surface area contributed by atoms with Crippen LogP contribution in [-0.2, 0) is 0 Å². The Balaban J connectivity index is 0.00000169. The molecule has 14 heavy (non-hydrogen) atoms. The fraction of sp³-hybridized carbons (Fsp3) is 1.00. The van der Waals surface area contributed by atoms with Gasteiger partial charge in [0.25, 0.3) is 0 Å². The zero-order valence-electron chi connectivity index (χ0n) is 9.98. The van der Waals surface area contributed by atoms with Gasteiger partial charge in [0.1, 0.15) is 0 Å². The van der Waals surface area contributed by atoms with Gasteiger partial charge in [0.15, 0.2) is 0 Å². The zero-order chi connectivity index (χ0) is 9.57. The van der Waals surface area contributed by atoms with Crippen LogP contribution in [0, 0.1) is 0 Å². The first kappa shape index (κ1) is 14.6. The summed E-state index contributed by atoms with van der Waals surface area (Å²) in [5.41, 5.74) is -0.536. The molecule has 1 nitrogen and oxygen atoms in total. The maximum atomic E-state index is 12.2. The van der Waals surface area contributed by atoms with Crippen LogP contribution in [0.1, 0.15) is 71.1 Å². The molecule has 0 heterocycles. The third kappa shape index (κ3) is 5.44. The van der Waals surface area contributed by atoms with Crippen molar-refractivity contribution in [3.63, 3.8) is 0 Å². The fourth-order valence-corrected chi connectivity index (χ4v) is 2.32. The van der Waals surface area contributed by atoms with E-state index >= 15 is 0 Å². The topological polar surface area (TPSA) is 23.1 Å². The molecule has 78 valence electrons. The van der Waals surface area contributed by atoms with Gasteiger partial charge in [-0.1, -0.05) is 71.1 Å². The summed E-state index contributed by atoms with van der Waals surface area (Å²) in [6.07, 6.45) is 11.4. The van der Waals surface area contributed by atoms with E-state index in [2.05, 4.69) is 6.92 Å². The number of unbranched alkanes of at least 4 members (excludes halogenated alkanes) is 2. The number of rotatable bonds is 4. The molecule has 0 aliphatic heterocycles.